The van der Waals surface area contributed by atoms with Crippen molar-refractivity contribution in [2.24, 2.45) is 0 Å². The quantitative estimate of drug-likeness (QED) is 0.196. The van der Waals surface area contributed by atoms with Crippen LogP contribution in [-0.2, 0) is 9.59 Å². The highest BCUT2D eigenvalue weighted by Gasteiger charge is 2.26. The van der Waals surface area contributed by atoms with Gasteiger partial charge >= 0.3 is 0 Å². The zero-order chi connectivity index (χ0) is 29.5. The number of para-hydroxylation sites is 1. The number of rotatable bonds is 10. The van der Waals surface area contributed by atoms with Gasteiger partial charge in [0, 0.05) is 42.3 Å². The van der Waals surface area contributed by atoms with E-state index >= 15 is 0 Å². The average Bonchev–Trinajstić information content (AvgIpc) is 2.99. The molecule has 0 saturated heterocycles. The third kappa shape index (κ3) is 7.72. The predicted octanol–water partition coefficient (Wildman–Crippen LogP) is 6.30. The van der Waals surface area contributed by atoms with Crippen molar-refractivity contribution in [1.82, 2.24) is 15.3 Å². The molecule has 1 fully saturated rings. The van der Waals surface area contributed by atoms with E-state index in [2.05, 4.69) is 16.0 Å². The SMILES string of the molecule is CN(C)c1nc(NC2CCC(NC(=O)CSC(C(=O)Nc3ccc(Cl)cc3)c3ccccc3)CC2)nc2ccccc12. The Hall–Kier alpha value is -3.82. The van der Waals surface area contributed by atoms with Crippen LogP contribution in [0, 0.1) is 0 Å². The maximum absolute atomic E-state index is 13.2. The van der Waals surface area contributed by atoms with Gasteiger partial charge in [-0.2, -0.15) is 4.98 Å². The second kappa shape index (κ2) is 13.9. The Balaban J connectivity index is 1.13. The summed E-state index contributed by atoms with van der Waals surface area (Å²) in [5.41, 5.74) is 2.42. The van der Waals surface area contributed by atoms with Crippen LogP contribution in [-0.4, -0.2) is 53.7 Å². The summed E-state index contributed by atoms with van der Waals surface area (Å²) in [6.45, 7) is 0. The van der Waals surface area contributed by atoms with Gasteiger partial charge in [-0.05, 0) is 67.6 Å². The van der Waals surface area contributed by atoms with Gasteiger partial charge in [-0.1, -0.05) is 54.1 Å². The number of hydrogen-bond acceptors (Lipinski definition) is 7. The van der Waals surface area contributed by atoms with Crippen molar-refractivity contribution < 1.29 is 9.59 Å². The maximum Gasteiger partial charge on any atom is 0.242 e. The molecule has 1 saturated carbocycles. The highest BCUT2D eigenvalue weighted by atomic mass is 35.5. The predicted molar refractivity (Wildman–Crippen MR) is 173 cm³/mol. The lowest BCUT2D eigenvalue weighted by Gasteiger charge is -2.30. The molecule has 1 heterocycles. The standard InChI is InChI=1S/C32H35ClN6O2S/c1-39(2)30-26-10-6-7-11-27(26)37-32(38-30)36-25-18-16-23(17-19-25)34-28(40)20-42-29(21-8-4-3-5-9-21)31(41)35-24-14-12-22(33)13-15-24/h3-15,23,25,29H,16-20H2,1-2H3,(H,34,40)(H,35,41)(H,36,37,38). The van der Waals surface area contributed by atoms with E-state index in [1.54, 1.807) is 24.3 Å². The van der Waals surface area contributed by atoms with Gasteiger partial charge in [0.2, 0.25) is 17.8 Å². The molecule has 5 rings (SSSR count). The Morgan fingerprint density at radius 2 is 1.57 bits per heavy atom. The largest absolute Gasteiger partial charge is 0.362 e. The van der Waals surface area contributed by atoms with Crippen molar-refractivity contribution >= 4 is 63.5 Å². The van der Waals surface area contributed by atoms with E-state index in [1.165, 1.54) is 11.8 Å². The van der Waals surface area contributed by atoms with Gasteiger partial charge in [0.15, 0.2) is 0 Å². The number of hydrogen-bond donors (Lipinski definition) is 3. The molecule has 8 nitrogen and oxygen atoms in total. The average molecular weight is 603 g/mol. The van der Waals surface area contributed by atoms with E-state index in [4.69, 9.17) is 21.6 Å². The molecule has 0 spiro atoms. The number of carbonyl (C=O) groups is 2. The monoisotopic (exact) mass is 602 g/mol. The van der Waals surface area contributed by atoms with Gasteiger partial charge < -0.3 is 20.9 Å². The molecule has 0 aliphatic heterocycles. The van der Waals surface area contributed by atoms with Gasteiger partial charge in [0.1, 0.15) is 11.1 Å². The topological polar surface area (TPSA) is 99.3 Å². The number of amides is 2. The van der Waals surface area contributed by atoms with Gasteiger partial charge in [-0.25, -0.2) is 4.98 Å². The first-order valence-electron chi connectivity index (χ1n) is 14.1. The lowest BCUT2D eigenvalue weighted by Crippen LogP contribution is -2.41. The molecule has 1 unspecified atom stereocenters. The Kier molecular flexibility index (Phi) is 9.81. The second-order valence-electron chi connectivity index (χ2n) is 10.6. The first-order valence-corrected chi connectivity index (χ1v) is 15.5. The van der Waals surface area contributed by atoms with Crippen LogP contribution in [0.5, 0.6) is 0 Å². The third-order valence-corrected chi connectivity index (χ3v) is 8.77. The number of anilines is 3. The highest BCUT2D eigenvalue weighted by Crippen LogP contribution is 2.31. The second-order valence-corrected chi connectivity index (χ2v) is 12.2. The molecular weight excluding hydrogens is 568 g/mol. The first kappa shape index (κ1) is 29.7. The number of nitrogens with zero attached hydrogens (tertiary/aromatic N) is 3. The summed E-state index contributed by atoms with van der Waals surface area (Å²) in [6, 6.07) is 24.9. The van der Waals surface area contributed by atoms with Crippen molar-refractivity contribution in [2.75, 3.05) is 35.4 Å². The van der Waals surface area contributed by atoms with Crippen LogP contribution in [0.15, 0.2) is 78.9 Å². The van der Waals surface area contributed by atoms with Crippen molar-refractivity contribution in [3.05, 3.63) is 89.4 Å². The molecular formula is C32H35ClN6O2S. The molecule has 1 aromatic heterocycles. The molecule has 42 heavy (non-hydrogen) atoms. The van der Waals surface area contributed by atoms with Gasteiger partial charge in [-0.15, -0.1) is 11.8 Å². The fourth-order valence-corrected chi connectivity index (χ4v) is 6.24. The summed E-state index contributed by atoms with van der Waals surface area (Å²) in [5, 5.41) is 10.7. The molecule has 10 heteroatoms. The van der Waals surface area contributed by atoms with Crippen molar-refractivity contribution in [1.29, 1.82) is 0 Å². The number of carbonyl (C=O) groups excluding carboxylic acids is 2. The number of aromatic nitrogens is 2. The van der Waals surface area contributed by atoms with E-state index in [0.29, 0.717) is 16.7 Å². The number of benzene rings is 3. The summed E-state index contributed by atoms with van der Waals surface area (Å²) < 4.78 is 0. The zero-order valence-electron chi connectivity index (χ0n) is 23.7. The molecule has 3 N–H and O–H groups in total. The Labute approximate surface area is 255 Å². The fourth-order valence-electron chi connectivity index (χ4n) is 5.15. The Morgan fingerprint density at radius 3 is 2.29 bits per heavy atom. The van der Waals surface area contributed by atoms with Gasteiger partial charge in [-0.3, -0.25) is 9.59 Å². The van der Waals surface area contributed by atoms with Crippen LogP contribution in [0.1, 0.15) is 36.5 Å². The minimum atomic E-state index is -0.526. The third-order valence-electron chi connectivity index (χ3n) is 7.27. The zero-order valence-corrected chi connectivity index (χ0v) is 25.3. The molecule has 2 amide bonds. The lowest BCUT2D eigenvalue weighted by molar-refractivity contribution is -0.119. The van der Waals surface area contributed by atoms with Gasteiger partial charge in [0.25, 0.3) is 0 Å². The number of fused-ring (bicyclic) bond motifs is 1. The Bertz CT molecular complexity index is 1510. The summed E-state index contributed by atoms with van der Waals surface area (Å²) in [6.07, 6.45) is 3.53. The van der Waals surface area contributed by atoms with Crippen molar-refractivity contribution in [2.45, 2.75) is 43.0 Å². The van der Waals surface area contributed by atoms with Crippen LogP contribution in [0.4, 0.5) is 17.5 Å². The molecule has 1 atom stereocenters. The number of halogens is 1. The van der Waals surface area contributed by atoms with Crippen LogP contribution in [0.3, 0.4) is 0 Å². The van der Waals surface area contributed by atoms with E-state index in [9.17, 15) is 9.59 Å². The summed E-state index contributed by atoms with van der Waals surface area (Å²) >= 11 is 7.30. The van der Waals surface area contributed by atoms with E-state index in [1.807, 2.05) is 73.6 Å². The normalized spacial score (nSPS) is 17.3. The minimum Gasteiger partial charge on any atom is -0.362 e. The number of thioether (sulfide) groups is 1. The molecule has 218 valence electrons. The molecule has 4 aromatic rings. The lowest BCUT2D eigenvalue weighted by atomic mass is 9.91. The minimum absolute atomic E-state index is 0.0647. The van der Waals surface area contributed by atoms with Crippen molar-refractivity contribution in [3.63, 3.8) is 0 Å². The van der Waals surface area contributed by atoms with Crippen LogP contribution in [0.2, 0.25) is 5.02 Å². The van der Waals surface area contributed by atoms with Crippen LogP contribution < -0.4 is 20.9 Å². The molecule has 1 aliphatic carbocycles. The molecule has 0 bridgehead atoms. The van der Waals surface area contributed by atoms with E-state index < -0.39 is 5.25 Å². The fraction of sp³-hybridized carbons (Fsp3) is 0.312. The molecule has 0 radical (unpaired) electrons. The van der Waals surface area contributed by atoms with Crippen molar-refractivity contribution in [3.8, 4) is 0 Å². The van der Waals surface area contributed by atoms with E-state index in [-0.39, 0.29) is 29.7 Å². The molecule has 1 aliphatic rings. The van der Waals surface area contributed by atoms with Gasteiger partial charge in [0.05, 0.1) is 11.3 Å². The highest BCUT2D eigenvalue weighted by molar-refractivity contribution is 8.00. The summed E-state index contributed by atoms with van der Waals surface area (Å²) in [7, 11) is 3.97. The first-order chi connectivity index (χ1) is 20.4. The maximum atomic E-state index is 13.2. The van der Waals surface area contributed by atoms with E-state index in [0.717, 1.165) is 48.0 Å². The number of nitrogens with one attached hydrogen (secondary N) is 3. The van der Waals surface area contributed by atoms with Crippen LogP contribution >= 0.6 is 23.4 Å². The Morgan fingerprint density at radius 1 is 0.905 bits per heavy atom. The summed E-state index contributed by atoms with van der Waals surface area (Å²) in [4.78, 5) is 37.6. The molecule has 3 aromatic carbocycles. The smallest absolute Gasteiger partial charge is 0.242 e. The van der Waals surface area contributed by atoms with Crippen LogP contribution in [0.25, 0.3) is 10.9 Å². The summed E-state index contributed by atoms with van der Waals surface area (Å²) in [5.74, 6) is 1.46.